The van der Waals surface area contributed by atoms with E-state index in [1.807, 2.05) is 30.3 Å². The molecule has 0 aromatic heterocycles. The highest BCUT2D eigenvalue weighted by Crippen LogP contribution is 2.22. The van der Waals surface area contributed by atoms with Crippen molar-refractivity contribution >= 4 is 23.8 Å². The summed E-state index contributed by atoms with van der Waals surface area (Å²) >= 11 is 0. The van der Waals surface area contributed by atoms with E-state index in [0.717, 1.165) is 16.9 Å². The average Bonchev–Trinajstić information content (AvgIpc) is 2.99. The Morgan fingerprint density at radius 2 is 2.03 bits per heavy atom. The molecule has 0 aliphatic carbocycles. The summed E-state index contributed by atoms with van der Waals surface area (Å²) in [6.45, 7) is 0.294. The van der Waals surface area contributed by atoms with Crippen molar-refractivity contribution in [2.75, 3.05) is 26.7 Å². The number of aliphatic hydroxyl groups excluding tert-OH is 1. The third kappa shape index (κ3) is 5.75. The van der Waals surface area contributed by atoms with Crippen molar-refractivity contribution in [3.8, 4) is 5.75 Å². The van der Waals surface area contributed by atoms with Crippen molar-refractivity contribution in [1.82, 2.24) is 10.6 Å². The first kappa shape index (κ1) is 24.4. The molecular formula is C22H29N4O7+. The topological polar surface area (TPSA) is 157 Å². The van der Waals surface area contributed by atoms with Crippen LogP contribution in [0.3, 0.4) is 0 Å². The van der Waals surface area contributed by atoms with Gasteiger partial charge in [-0.05, 0) is 18.1 Å². The fraction of sp³-hybridized carbons (Fsp3) is 0.455. The van der Waals surface area contributed by atoms with Gasteiger partial charge in [-0.15, -0.1) is 0 Å². The third-order valence-electron chi connectivity index (χ3n) is 5.77. The number of imide groups is 1. The molecule has 1 fully saturated rings. The molecule has 178 valence electrons. The molecule has 4 amide bonds. The molecule has 0 bridgehead atoms. The van der Waals surface area contributed by atoms with Crippen LogP contribution >= 0.6 is 0 Å². The van der Waals surface area contributed by atoms with Gasteiger partial charge in [-0.2, -0.15) is 4.48 Å². The normalized spacial score (nSPS) is 25.1. The fourth-order valence-corrected chi connectivity index (χ4v) is 4.04. The lowest BCUT2D eigenvalue weighted by atomic mass is 10.1. The predicted molar refractivity (Wildman–Crippen MR) is 115 cm³/mol. The molecule has 0 saturated carbocycles. The molecule has 1 aromatic carbocycles. The van der Waals surface area contributed by atoms with E-state index in [0.29, 0.717) is 19.5 Å². The van der Waals surface area contributed by atoms with Gasteiger partial charge in [0.2, 0.25) is 6.29 Å². The number of nitrogens with zero attached hydrogens (tertiary/aromatic N) is 1. The Morgan fingerprint density at radius 3 is 2.70 bits per heavy atom. The van der Waals surface area contributed by atoms with Crippen molar-refractivity contribution in [3.63, 3.8) is 0 Å². The number of ether oxygens (including phenoxy) is 2. The van der Waals surface area contributed by atoms with E-state index in [1.54, 1.807) is 7.11 Å². The Balaban J connectivity index is 1.68. The molecule has 33 heavy (non-hydrogen) atoms. The van der Waals surface area contributed by atoms with Crippen molar-refractivity contribution in [3.05, 3.63) is 41.5 Å². The summed E-state index contributed by atoms with van der Waals surface area (Å²) in [5.74, 6) is -1.06. The van der Waals surface area contributed by atoms with Gasteiger partial charge in [-0.3, -0.25) is 9.59 Å². The largest absolute Gasteiger partial charge is 0.496 e. The third-order valence-corrected chi connectivity index (χ3v) is 5.77. The Kier molecular flexibility index (Phi) is 7.79. The molecule has 5 N–H and O–H groups in total. The first-order chi connectivity index (χ1) is 15.7. The number of amides is 4. The Bertz CT molecular complexity index is 964. The van der Waals surface area contributed by atoms with Gasteiger partial charge in [0.1, 0.15) is 18.3 Å². The number of nitrogens with two attached hydrogens (primary N) is 1. The van der Waals surface area contributed by atoms with Crippen molar-refractivity contribution in [2.45, 2.75) is 38.1 Å². The van der Waals surface area contributed by atoms with Gasteiger partial charge < -0.3 is 30.9 Å². The average molecular weight is 461 g/mol. The summed E-state index contributed by atoms with van der Waals surface area (Å²) in [5, 5.41) is 15.4. The number of methoxy groups -OCH3 is 1. The zero-order valence-corrected chi connectivity index (χ0v) is 18.4. The minimum Gasteiger partial charge on any atom is -0.496 e. The number of carbonyl (C=O) groups excluding carboxylic acids is 4. The summed E-state index contributed by atoms with van der Waals surface area (Å²) in [5.41, 5.74) is 7.34. The maximum Gasteiger partial charge on any atom is 0.422 e. The smallest absolute Gasteiger partial charge is 0.422 e. The minimum absolute atomic E-state index is 0.0524. The molecule has 1 aromatic rings. The Morgan fingerprint density at radius 1 is 1.27 bits per heavy atom. The van der Waals surface area contributed by atoms with Gasteiger partial charge >= 0.3 is 17.9 Å². The van der Waals surface area contributed by atoms with Gasteiger partial charge in [-0.1, -0.05) is 24.3 Å². The summed E-state index contributed by atoms with van der Waals surface area (Å²) in [6, 6.07) is 5.67. The zero-order chi connectivity index (χ0) is 24.0. The second-order valence-corrected chi connectivity index (χ2v) is 8.09. The van der Waals surface area contributed by atoms with Crippen LogP contribution in [0.1, 0.15) is 24.8 Å². The van der Waals surface area contributed by atoms with E-state index >= 15 is 0 Å². The highest BCUT2D eigenvalue weighted by atomic mass is 16.6. The second-order valence-electron chi connectivity index (χ2n) is 8.09. The second kappa shape index (κ2) is 10.6. The summed E-state index contributed by atoms with van der Waals surface area (Å²) < 4.78 is 9.08. The lowest BCUT2D eigenvalue weighted by molar-refractivity contribution is -0.758. The van der Waals surface area contributed by atoms with E-state index in [2.05, 4.69) is 15.4 Å². The van der Waals surface area contributed by atoms with Gasteiger partial charge in [0.15, 0.2) is 6.54 Å². The van der Waals surface area contributed by atoms with Crippen LogP contribution in [0.2, 0.25) is 0 Å². The van der Waals surface area contributed by atoms with E-state index in [9.17, 15) is 24.3 Å². The molecule has 0 radical (unpaired) electrons. The highest BCUT2D eigenvalue weighted by molar-refractivity contribution is 5.89. The van der Waals surface area contributed by atoms with Crippen LogP contribution in [-0.4, -0.2) is 72.5 Å². The van der Waals surface area contributed by atoms with Gasteiger partial charge in [0, 0.05) is 18.7 Å². The number of urea groups is 1. The molecule has 11 heteroatoms. The minimum atomic E-state index is -1.47. The number of quaternary nitrogens is 1. The number of nitrogens with one attached hydrogen (secondary N) is 2. The standard InChI is InChI=1S/C22H28N4O7/c1-32-17-7-3-2-6-15(17)11-24-10-14-5-4-8-19(28)26(12-14,22(23)31)13-18(27)25-16-9-20(29)33-21(16)30/h2-3,5-7,16,21,24,30H,4,8-13H2,1H3,(H2-,23,25,27,31)/p+1/t16?,21?,26-/m1/s1. The van der Waals surface area contributed by atoms with Gasteiger partial charge in [0.05, 0.1) is 20.0 Å². The maximum atomic E-state index is 12.9. The number of hydrogen-bond acceptors (Lipinski definition) is 8. The molecular weight excluding hydrogens is 432 g/mol. The lowest BCUT2D eigenvalue weighted by Crippen LogP contribution is -2.64. The van der Waals surface area contributed by atoms with Crippen molar-refractivity contribution in [1.29, 1.82) is 0 Å². The molecule has 2 heterocycles. The predicted octanol–water partition coefficient (Wildman–Crippen LogP) is -0.323. The maximum absolute atomic E-state index is 12.9. The van der Waals surface area contributed by atoms with Crippen LogP contribution in [0.25, 0.3) is 0 Å². The molecule has 11 nitrogen and oxygen atoms in total. The summed E-state index contributed by atoms with van der Waals surface area (Å²) in [7, 11) is 1.59. The molecule has 0 spiro atoms. The van der Waals surface area contributed by atoms with E-state index in [4.69, 9.17) is 10.5 Å². The van der Waals surface area contributed by atoms with Crippen molar-refractivity contribution < 1.29 is 38.2 Å². The molecule has 2 aliphatic heterocycles. The molecule has 2 aliphatic rings. The number of primary amides is 1. The summed E-state index contributed by atoms with van der Waals surface area (Å²) in [6.07, 6.45) is 0.678. The molecule has 3 atom stereocenters. The first-order valence-electron chi connectivity index (χ1n) is 10.6. The number of cyclic esters (lactones) is 1. The van der Waals surface area contributed by atoms with Crippen molar-refractivity contribution in [2.24, 2.45) is 5.73 Å². The fourth-order valence-electron chi connectivity index (χ4n) is 4.04. The highest BCUT2D eigenvalue weighted by Gasteiger charge is 2.47. The quantitative estimate of drug-likeness (QED) is 0.233. The summed E-state index contributed by atoms with van der Waals surface area (Å²) in [4.78, 5) is 49.3. The number of benzene rings is 1. The van der Waals surface area contributed by atoms with E-state index in [-0.39, 0.29) is 19.4 Å². The number of rotatable bonds is 8. The van der Waals surface area contributed by atoms with Crippen LogP contribution < -0.4 is 21.1 Å². The van der Waals surface area contributed by atoms with Crippen LogP contribution in [0.15, 0.2) is 35.9 Å². The molecule has 1 saturated heterocycles. The van der Waals surface area contributed by atoms with Crippen LogP contribution in [-0.2, 0) is 25.7 Å². The van der Waals surface area contributed by atoms with Crippen LogP contribution in [0.4, 0.5) is 4.79 Å². The Hall–Kier alpha value is -3.28. The number of aliphatic hydroxyl groups is 1. The number of allylic oxidation sites excluding steroid dienone is 1. The van der Waals surface area contributed by atoms with E-state index < -0.39 is 47.2 Å². The number of carbonyl (C=O) groups is 4. The number of para-hydroxylation sites is 1. The SMILES string of the molecule is COc1ccccc1CNCC1=CCCC(=O)[N@@+](CC(=O)NC2CC(=O)OC2O)(C(N)=O)C1. The number of esters is 1. The Labute approximate surface area is 191 Å². The van der Waals surface area contributed by atoms with Gasteiger partial charge in [-0.25, -0.2) is 9.59 Å². The van der Waals surface area contributed by atoms with Crippen LogP contribution in [0.5, 0.6) is 5.75 Å². The van der Waals surface area contributed by atoms with E-state index in [1.165, 1.54) is 0 Å². The van der Waals surface area contributed by atoms with Crippen LogP contribution in [0, 0.1) is 0 Å². The van der Waals surface area contributed by atoms with Gasteiger partial charge in [0.25, 0.3) is 5.91 Å². The molecule has 2 unspecified atom stereocenters. The number of hydrogen-bond donors (Lipinski definition) is 4. The zero-order valence-electron chi connectivity index (χ0n) is 18.4. The monoisotopic (exact) mass is 461 g/mol. The lowest BCUT2D eigenvalue weighted by Gasteiger charge is -2.31. The first-order valence-corrected chi connectivity index (χ1v) is 10.6. The molecule has 3 rings (SSSR count).